The van der Waals surface area contributed by atoms with E-state index in [1.165, 1.54) is 0 Å². The van der Waals surface area contributed by atoms with Crippen LogP contribution in [0, 0.1) is 11.3 Å². The molecule has 1 heterocycles. The van der Waals surface area contributed by atoms with Crippen LogP contribution in [0.25, 0.3) is 0 Å². The van der Waals surface area contributed by atoms with E-state index in [1.54, 1.807) is 0 Å². The summed E-state index contributed by atoms with van der Waals surface area (Å²) in [5.74, 6) is 0.885. The van der Waals surface area contributed by atoms with Gasteiger partial charge in [0.2, 0.25) is 0 Å². The average molecular weight is 303 g/mol. The summed E-state index contributed by atoms with van der Waals surface area (Å²) in [4.78, 5) is 4.18. The van der Waals surface area contributed by atoms with E-state index < -0.39 is 11.7 Å². The molecule has 0 saturated carbocycles. The van der Waals surface area contributed by atoms with Crippen LogP contribution >= 0.6 is 0 Å². The van der Waals surface area contributed by atoms with Gasteiger partial charge in [0.05, 0.1) is 5.56 Å². The minimum atomic E-state index is -4.38. The smallest absolute Gasteiger partial charge is 0.370 e. The number of hydrogen-bond acceptors (Lipinski definition) is 3. The van der Waals surface area contributed by atoms with Gasteiger partial charge in [-0.15, -0.1) is 0 Å². The first-order valence-electron chi connectivity index (χ1n) is 7.13. The highest BCUT2D eigenvalue weighted by Gasteiger charge is 2.32. The van der Waals surface area contributed by atoms with Crippen molar-refractivity contribution in [3.05, 3.63) is 17.7 Å². The Labute approximate surface area is 124 Å². The second-order valence-electron chi connectivity index (χ2n) is 6.15. The summed E-state index contributed by atoms with van der Waals surface area (Å²) in [5.41, 5.74) is -0.729. The maximum Gasteiger partial charge on any atom is 0.416 e. The molecular weight excluding hydrogens is 279 g/mol. The van der Waals surface area contributed by atoms with Crippen molar-refractivity contribution in [1.29, 1.82) is 0 Å². The summed E-state index contributed by atoms with van der Waals surface area (Å²) in [7, 11) is 0. The Morgan fingerprint density at radius 1 is 1.10 bits per heavy atom. The average Bonchev–Trinajstić information content (AvgIpc) is 2.35. The molecule has 0 atom stereocenters. The van der Waals surface area contributed by atoms with Gasteiger partial charge < -0.3 is 10.6 Å². The van der Waals surface area contributed by atoms with Gasteiger partial charge >= 0.3 is 6.18 Å². The highest BCUT2D eigenvalue weighted by atomic mass is 19.4. The fraction of sp³-hybridized carbons (Fsp3) is 0.667. The van der Waals surface area contributed by atoms with E-state index in [9.17, 15) is 13.2 Å². The second-order valence-corrected chi connectivity index (χ2v) is 6.15. The Kier molecular flexibility index (Phi) is 5.48. The molecule has 0 bridgehead atoms. The third kappa shape index (κ3) is 5.10. The lowest BCUT2D eigenvalue weighted by Gasteiger charge is -2.29. The molecular formula is C15H24F3N3. The molecule has 21 heavy (non-hydrogen) atoms. The van der Waals surface area contributed by atoms with Crippen LogP contribution in [0.15, 0.2) is 12.1 Å². The molecule has 1 aromatic heterocycles. The summed E-state index contributed by atoms with van der Waals surface area (Å²) < 4.78 is 38.7. The summed E-state index contributed by atoms with van der Waals surface area (Å²) in [6, 6.07) is 2.08. The molecule has 0 aliphatic heterocycles. The number of nitrogens with zero attached hydrogens (tertiary/aromatic N) is 1. The first kappa shape index (κ1) is 17.6. The molecule has 2 N–H and O–H groups in total. The first-order valence-corrected chi connectivity index (χ1v) is 7.13. The number of anilines is 2. The van der Waals surface area contributed by atoms with Crippen LogP contribution in [0.4, 0.5) is 24.8 Å². The van der Waals surface area contributed by atoms with Gasteiger partial charge in [0.15, 0.2) is 0 Å². The highest BCUT2D eigenvalue weighted by molar-refractivity contribution is 5.49. The summed E-state index contributed by atoms with van der Waals surface area (Å²) in [5, 5.41) is 5.86. The molecule has 0 unspecified atom stereocenters. The van der Waals surface area contributed by atoms with Gasteiger partial charge in [-0.05, 0) is 30.4 Å². The number of nitrogens with one attached hydrogen (secondary N) is 2. The molecule has 3 nitrogen and oxygen atoms in total. The third-order valence-corrected chi connectivity index (χ3v) is 3.80. The van der Waals surface area contributed by atoms with Crippen LogP contribution in [-0.4, -0.2) is 18.1 Å². The second kappa shape index (κ2) is 6.54. The maximum absolute atomic E-state index is 12.9. The van der Waals surface area contributed by atoms with Crippen molar-refractivity contribution < 1.29 is 13.2 Å². The van der Waals surface area contributed by atoms with Crippen molar-refractivity contribution in [1.82, 2.24) is 4.98 Å². The molecule has 0 amide bonds. The normalized spacial score (nSPS) is 12.6. The van der Waals surface area contributed by atoms with Crippen molar-refractivity contribution in [3.63, 3.8) is 0 Å². The van der Waals surface area contributed by atoms with Crippen LogP contribution in [-0.2, 0) is 6.18 Å². The Balaban J connectivity index is 2.98. The fourth-order valence-electron chi connectivity index (χ4n) is 1.58. The fourth-order valence-corrected chi connectivity index (χ4v) is 1.58. The van der Waals surface area contributed by atoms with Crippen LogP contribution in [0.1, 0.15) is 40.2 Å². The van der Waals surface area contributed by atoms with Gasteiger partial charge in [0.25, 0.3) is 0 Å². The standard InChI is InChI=1S/C15H24F3N3/c1-6-19-12-7-11(15(16,17)18)8-13(21-12)20-9-14(4,5)10(2)3/h7-8,10H,6,9H2,1-5H3,(H2,19,20,21). The molecule has 120 valence electrons. The van der Waals surface area contributed by atoms with Gasteiger partial charge in [0, 0.05) is 13.1 Å². The summed E-state index contributed by atoms with van der Waals surface area (Å²) in [6.07, 6.45) is -4.38. The number of rotatable bonds is 6. The predicted octanol–water partition coefficient (Wildman–Crippen LogP) is 4.63. The lowest BCUT2D eigenvalue weighted by molar-refractivity contribution is -0.137. The van der Waals surface area contributed by atoms with Crippen LogP contribution < -0.4 is 10.6 Å². The van der Waals surface area contributed by atoms with Crippen LogP contribution in [0.5, 0.6) is 0 Å². The van der Waals surface area contributed by atoms with Crippen molar-refractivity contribution in [2.45, 2.75) is 40.8 Å². The molecule has 1 rings (SSSR count). The Morgan fingerprint density at radius 2 is 1.62 bits per heavy atom. The van der Waals surface area contributed by atoms with Gasteiger partial charge in [-0.1, -0.05) is 27.7 Å². The van der Waals surface area contributed by atoms with Crippen molar-refractivity contribution >= 4 is 11.6 Å². The van der Waals surface area contributed by atoms with Gasteiger partial charge in [0.1, 0.15) is 11.6 Å². The van der Waals surface area contributed by atoms with Crippen molar-refractivity contribution in [2.75, 3.05) is 23.7 Å². The van der Waals surface area contributed by atoms with Gasteiger partial charge in [-0.2, -0.15) is 13.2 Å². The van der Waals surface area contributed by atoms with Gasteiger partial charge in [-0.25, -0.2) is 4.98 Å². The molecule has 6 heteroatoms. The lowest BCUT2D eigenvalue weighted by atomic mass is 9.81. The van der Waals surface area contributed by atoms with E-state index >= 15 is 0 Å². The summed E-state index contributed by atoms with van der Waals surface area (Å²) >= 11 is 0. The minimum absolute atomic E-state index is 0.0335. The molecule has 0 fully saturated rings. The molecule has 0 spiro atoms. The van der Waals surface area contributed by atoms with E-state index in [0.717, 1.165) is 12.1 Å². The Morgan fingerprint density at radius 3 is 2.05 bits per heavy atom. The molecule has 0 aliphatic rings. The SMILES string of the molecule is CCNc1cc(C(F)(F)F)cc(NCC(C)(C)C(C)C)n1. The number of aromatic nitrogens is 1. The zero-order valence-electron chi connectivity index (χ0n) is 13.2. The Hall–Kier alpha value is -1.46. The number of alkyl halides is 3. The van der Waals surface area contributed by atoms with E-state index in [4.69, 9.17) is 0 Å². The van der Waals surface area contributed by atoms with Crippen molar-refractivity contribution in [2.24, 2.45) is 11.3 Å². The number of pyridine rings is 1. The Bertz CT molecular complexity index is 468. The quantitative estimate of drug-likeness (QED) is 0.804. The maximum atomic E-state index is 12.9. The van der Waals surface area contributed by atoms with Crippen LogP contribution in [0.2, 0.25) is 0 Å². The lowest BCUT2D eigenvalue weighted by Crippen LogP contribution is -2.29. The van der Waals surface area contributed by atoms with Crippen LogP contribution in [0.3, 0.4) is 0 Å². The first-order chi connectivity index (χ1) is 9.56. The topological polar surface area (TPSA) is 37.0 Å². The zero-order chi connectivity index (χ0) is 16.3. The largest absolute Gasteiger partial charge is 0.416 e. The van der Waals surface area contributed by atoms with E-state index in [0.29, 0.717) is 19.0 Å². The van der Waals surface area contributed by atoms with E-state index in [1.807, 2.05) is 6.92 Å². The zero-order valence-corrected chi connectivity index (χ0v) is 13.2. The number of halogens is 3. The van der Waals surface area contributed by atoms with E-state index in [2.05, 4.69) is 43.3 Å². The predicted molar refractivity (Wildman–Crippen MR) is 80.5 cm³/mol. The summed E-state index contributed by atoms with van der Waals surface area (Å²) in [6.45, 7) is 11.2. The van der Waals surface area contributed by atoms with Crippen molar-refractivity contribution in [3.8, 4) is 0 Å². The molecule has 0 radical (unpaired) electrons. The molecule has 1 aromatic rings. The molecule has 0 aromatic carbocycles. The molecule has 0 saturated heterocycles. The highest BCUT2D eigenvalue weighted by Crippen LogP contribution is 2.33. The van der Waals surface area contributed by atoms with Gasteiger partial charge in [-0.3, -0.25) is 0 Å². The minimum Gasteiger partial charge on any atom is -0.370 e. The number of hydrogen-bond donors (Lipinski definition) is 2. The third-order valence-electron chi connectivity index (χ3n) is 3.80. The monoisotopic (exact) mass is 303 g/mol. The molecule has 0 aliphatic carbocycles. The van der Waals surface area contributed by atoms with E-state index in [-0.39, 0.29) is 17.1 Å².